The molecule has 1 aromatic heterocycles. The lowest BCUT2D eigenvalue weighted by Gasteiger charge is -2.15. The molecule has 0 spiro atoms. The maximum Gasteiger partial charge on any atom is 0.243 e. The van der Waals surface area contributed by atoms with Gasteiger partial charge in [0.05, 0.1) is 0 Å². The lowest BCUT2D eigenvalue weighted by molar-refractivity contribution is 0.315. The van der Waals surface area contributed by atoms with Gasteiger partial charge in [0.2, 0.25) is 10.0 Å². The van der Waals surface area contributed by atoms with E-state index in [-0.39, 0.29) is 16.5 Å². The minimum absolute atomic E-state index is 0.0604. The maximum atomic E-state index is 12.6. The van der Waals surface area contributed by atoms with Gasteiger partial charge in [0.25, 0.3) is 0 Å². The lowest BCUT2D eigenvalue weighted by atomic mass is 10.1. The first-order valence-electron chi connectivity index (χ1n) is 6.77. The summed E-state index contributed by atoms with van der Waals surface area (Å²) in [4.78, 5) is 0.0604. The first-order chi connectivity index (χ1) is 10.5. The van der Waals surface area contributed by atoms with E-state index >= 15 is 0 Å². The van der Waals surface area contributed by atoms with E-state index in [0.717, 1.165) is 11.1 Å². The highest BCUT2D eigenvalue weighted by molar-refractivity contribution is 7.89. The number of hydrogen-bond donors (Lipinski definition) is 1. The van der Waals surface area contributed by atoms with Gasteiger partial charge in [0, 0.05) is 6.04 Å². The van der Waals surface area contributed by atoms with Crippen molar-refractivity contribution in [3.8, 4) is 0 Å². The van der Waals surface area contributed by atoms with Gasteiger partial charge in [-0.25, -0.2) is 17.8 Å². The van der Waals surface area contributed by atoms with Crippen molar-refractivity contribution in [1.29, 1.82) is 0 Å². The second-order valence-corrected chi connectivity index (χ2v) is 6.82. The number of hydrogen-bond acceptors (Lipinski definition) is 5. The summed E-state index contributed by atoms with van der Waals surface area (Å²) in [6.45, 7) is 3.78. The van der Waals surface area contributed by atoms with Crippen LogP contribution in [0.2, 0.25) is 0 Å². The Kier molecular flexibility index (Phi) is 3.67. The van der Waals surface area contributed by atoms with Crippen molar-refractivity contribution in [2.24, 2.45) is 0 Å². The van der Waals surface area contributed by atoms with Gasteiger partial charge in [-0.3, -0.25) is 0 Å². The molecule has 3 rings (SSSR count). The summed E-state index contributed by atoms with van der Waals surface area (Å²) in [5.41, 5.74) is 2.65. The van der Waals surface area contributed by atoms with Gasteiger partial charge in [0.1, 0.15) is 10.4 Å². The zero-order valence-corrected chi connectivity index (χ0v) is 13.0. The molecule has 1 atom stereocenters. The number of aryl methyl sites for hydroxylation is 1. The van der Waals surface area contributed by atoms with E-state index in [4.69, 9.17) is 0 Å². The topological polar surface area (TPSA) is 85.1 Å². The Hall–Kier alpha value is -2.25. The molecule has 7 heteroatoms. The molecule has 0 aliphatic carbocycles. The highest BCUT2D eigenvalue weighted by Crippen LogP contribution is 2.22. The summed E-state index contributed by atoms with van der Waals surface area (Å²) in [6, 6.07) is 12.1. The molecule has 1 N–H and O–H groups in total. The molecule has 0 amide bonds. The van der Waals surface area contributed by atoms with Gasteiger partial charge in [-0.15, -0.1) is 0 Å². The Bertz CT molecular complexity index is 901. The second kappa shape index (κ2) is 5.51. The molecule has 0 saturated carbocycles. The molecule has 1 heterocycles. The Morgan fingerprint density at radius 3 is 2.55 bits per heavy atom. The molecule has 0 aliphatic rings. The van der Waals surface area contributed by atoms with Crippen LogP contribution in [0.15, 0.2) is 52.0 Å². The third-order valence-corrected chi connectivity index (χ3v) is 5.02. The number of fused-ring (bicyclic) bond motifs is 1. The van der Waals surface area contributed by atoms with E-state index < -0.39 is 10.0 Å². The van der Waals surface area contributed by atoms with Crippen LogP contribution in [0.3, 0.4) is 0 Å². The van der Waals surface area contributed by atoms with E-state index in [1.54, 1.807) is 19.1 Å². The van der Waals surface area contributed by atoms with Gasteiger partial charge in [0.15, 0.2) is 5.52 Å². The third kappa shape index (κ3) is 2.72. The largest absolute Gasteiger partial charge is 0.243 e. The molecule has 114 valence electrons. The molecule has 0 fully saturated rings. The van der Waals surface area contributed by atoms with Gasteiger partial charge in [-0.2, -0.15) is 0 Å². The monoisotopic (exact) mass is 317 g/mol. The van der Waals surface area contributed by atoms with Crippen molar-refractivity contribution in [2.45, 2.75) is 24.8 Å². The zero-order valence-electron chi connectivity index (χ0n) is 12.1. The summed E-state index contributed by atoms with van der Waals surface area (Å²) >= 11 is 0. The van der Waals surface area contributed by atoms with E-state index in [9.17, 15) is 8.42 Å². The van der Waals surface area contributed by atoms with Crippen molar-refractivity contribution in [3.63, 3.8) is 0 Å². The Morgan fingerprint density at radius 2 is 1.82 bits per heavy atom. The third-order valence-electron chi connectivity index (χ3n) is 3.45. The lowest BCUT2D eigenvalue weighted by Crippen LogP contribution is -2.27. The van der Waals surface area contributed by atoms with Crippen molar-refractivity contribution in [3.05, 3.63) is 53.6 Å². The highest BCUT2D eigenvalue weighted by Gasteiger charge is 2.22. The van der Waals surface area contributed by atoms with Crippen LogP contribution in [0.5, 0.6) is 0 Å². The molecule has 3 aromatic rings. The van der Waals surface area contributed by atoms with Crippen molar-refractivity contribution in [1.82, 2.24) is 15.0 Å². The summed E-state index contributed by atoms with van der Waals surface area (Å²) in [7, 11) is -3.73. The predicted octanol–water partition coefficient (Wildman–Crippen LogP) is 2.57. The van der Waals surface area contributed by atoms with Crippen LogP contribution in [-0.2, 0) is 10.0 Å². The normalized spacial score (nSPS) is 13.4. The minimum Gasteiger partial charge on any atom is -0.243 e. The quantitative estimate of drug-likeness (QED) is 0.799. The SMILES string of the molecule is Cc1ccc([C@H](C)NS(=O)(=O)c2cccc3nonc23)cc1. The number of nitrogens with one attached hydrogen (secondary N) is 1. The average molecular weight is 317 g/mol. The molecule has 0 radical (unpaired) electrons. The first kappa shape index (κ1) is 14.7. The summed E-state index contributed by atoms with van der Waals surface area (Å²) in [6.07, 6.45) is 0. The van der Waals surface area contributed by atoms with Crippen LogP contribution in [0.4, 0.5) is 0 Å². The zero-order chi connectivity index (χ0) is 15.7. The van der Waals surface area contributed by atoms with E-state index in [0.29, 0.717) is 5.52 Å². The fourth-order valence-corrected chi connectivity index (χ4v) is 3.60. The van der Waals surface area contributed by atoms with E-state index in [1.165, 1.54) is 6.07 Å². The Balaban J connectivity index is 1.93. The molecule has 0 unspecified atom stereocenters. The molecule has 0 bridgehead atoms. The fraction of sp³-hybridized carbons (Fsp3) is 0.200. The molecule has 2 aromatic carbocycles. The molecule has 22 heavy (non-hydrogen) atoms. The Labute approximate surface area is 128 Å². The molecule has 6 nitrogen and oxygen atoms in total. The van der Waals surface area contributed by atoms with Crippen molar-refractivity contribution in [2.75, 3.05) is 0 Å². The van der Waals surface area contributed by atoms with Crippen LogP contribution in [0, 0.1) is 6.92 Å². The summed E-state index contributed by atoms with van der Waals surface area (Å²) in [5.74, 6) is 0. The van der Waals surface area contributed by atoms with Crippen LogP contribution in [0.1, 0.15) is 24.1 Å². The van der Waals surface area contributed by atoms with Crippen molar-refractivity contribution >= 4 is 21.1 Å². The number of aromatic nitrogens is 2. The Morgan fingerprint density at radius 1 is 1.09 bits per heavy atom. The maximum absolute atomic E-state index is 12.6. The smallest absolute Gasteiger partial charge is 0.243 e. The van der Waals surface area contributed by atoms with Crippen LogP contribution < -0.4 is 4.72 Å². The highest BCUT2D eigenvalue weighted by atomic mass is 32.2. The molecular weight excluding hydrogens is 302 g/mol. The van der Waals surface area contributed by atoms with Gasteiger partial charge < -0.3 is 0 Å². The van der Waals surface area contributed by atoms with E-state index in [1.807, 2.05) is 31.2 Å². The number of benzene rings is 2. The molecule has 0 saturated heterocycles. The summed E-state index contributed by atoms with van der Waals surface area (Å²) in [5, 5.41) is 7.33. The minimum atomic E-state index is -3.73. The van der Waals surface area contributed by atoms with Crippen LogP contribution in [0.25, 0.3) is 11.0 Å². The fourth-order valence-electron chi connectivity index (χ4n) is 2.22. The molecular formula is C15H15N3O3S. The number of nitrogens with zero attached hydrogens (tertiary/aromatic N) is 2. The predicted molar refractivity (Wildman–Crippen MR) is 81.7 cm³/mol. The standard InChI is InChI=1S/C15H15N3O3S/c1-10-6-8-12(9-7-10)11(2)18-22(19,20)14-5-3-4-13-15(14)17-21-16-13/h3-9,11,18H,1-2H3/t11-/m0/s1. The summed E-state index contributed by atoms with van der Waals surface area (Å²) < 4.78 is 32.4. The van der Waals surface area contributed by atoms with Gasteiger partial charge >= 0.3 is 0 Å². The number of rotatable bonds is 4. The van der Waals surface area contributed by atoms with Crippen LogP contribution >= 0.6 is 0 Å². The number of sulfonamides is 1. The van der Waals surface area contributed by atoms with Crippen LogP contribution in [-0.4, -0.2) is 18.7 Å². The average Bonchev–Trinajstić information content (AvgIpc) is 2.95. The molecule has 0 aliphatic heterocycles. The first-order valence-corrected chi connectivity index (χ1v) is 8.26. The van der Waals surface area contributed by atoms with Gasteiger partial charge in [-0.1, -0.05) is 35.9 Å². The second-order valence-electron chi connectivity index (χ2n) is 5.14. The van der Waals surface area contributed by atoms with Gasteiger partial charge in [-0.05, 0) is 41.9 Å². The van der Waals surface area contributed by atoms with E-state index in [2.05, 4.69) is 19.7 Å². The van der Waals surface area contributed by atoms with Crippen molar-refractivity contribution < 1.29 is 13.0 Å².